The fourth-order valence-corrected chi connectivity index (χ4v) is 7.07. The lowest BCUT2D eigenvalue weighted by Crippen LogP contribution is -2.62. The Balaban J connectivity index is 0.00000337. The van der Waals surface area contributed by atoms with Crippen molar-refractivity contribution in [2.24, 2.45) is 5.92 Å². The molecule has 13 heteroatoms. The summed E-state index contributed by atoms with van der Waals surface area (Å²) in [7, 11) is 2.06. The average Bonchev–Trinajstić information content (AvgIpc) is 3.58. The second kappa shape index (κ2) is 12.7. The van der Waals surface area contributed by atoms with Gasteiger partial charge in [-0.3, -0.25) is 14.4 Å². The molecule has 3 aliphatic heterocycles. The quantitative estimate of drug-likeness (QED) is 0.403. The molecule has 3 amide bonds. The van der Waals surface area contributed by atoms with Crippen LogP contribution in [0.2, 0.25) is 5.02 Å². The highest BCUT2D eigenvalue weighted by Gasteiger charge is 2.37. The summed E-state index contributed by atoms with van der Waals surface area (Å²) in [5.41, 5.74) is 2.21. The van der Waals surface area contributed by atoms with Gasteiger partial charge >= 0.3 is 0 Å². The van der Waals surface area contributed by atoms with Crippen LogP contribution >= 0.6 is 35.3 Å². The number of thiazole rings is 1. The van der Waals surface area contributed by atoms with Gasteiger partial charge in [0.05, 0.1) is 17.8 Å². The minimum Gasteiger partial charge on any atom is -0.381 e. The molecule has 0 radical (unpaired) electrons. The molecule has 0 saturated carbocycles. The van der Waals surface area contributed by atoms with Gasteiger partial charge < -0.3 is 30.2 Å². The molecule has 0 spiro atoms. The second-order valence-corrected chi connectivity index (χ2v) is 12.4. The highest BCUT2D eigenvalue weighted by atomic mass is 35.5. The Morgan fingerprint density at radius 2 is 1.85 bits per heavy atom. The van der Waals surface area contributed by atoms with Crippen molar-refractivity contribution >= 4 is 64.0 Å². The van der Waals surface area contributed by atoms with Crippen LogP contribution in [0.15, 0.2) is 24.3 Å². The lowest BCUT2D eigenvalue weighted by molar-refractivity contribution is -0.140. The number of nitrogens with zero attached hydrogens (tertiary/aromatic N) is 3. The van der Waals surface area contributed by atoms with Gasteiger partial charge in [0.2, 0.25) is 5.91 Å². The van der Waals surface area contributed by atoms with Crippen LogP contribution < -0.4 is 10.6 Å². The zero-order valence-corrected chi connectivity index (χ0v) is 25.2. The van der Waals surface area contributed by atoms with Crippen molar-refractivity contribution < 1.29 is 19.1 Å². The van der Waals surface area contributed by atoms with Crippen molar-refractivity contribution in [3.63, 3.8) is 0 Å². The predicted octanol–water partition coefficient (Wildman–Crippen LogP) is 3.24. The molecule has 2 aromatic heterocycles. The van der Waals surface area contributed by atoms with E-state index >= 15 is 0 Å². The van der Waals surface area contributed by atoms with Crippen LogP contribution in [-0.2, 0) is 22.5 Å². The van der Waals surface area contributed by atoms with Crippen molar-refractivity contribution in [3.8, 4) is 0 Å². The van der Waals surface area contributed by atoms with E-state index in [0.29, 0.717) is 61.3 Å². The zero-order valence-electron chi connectivity index (χ0n) is 22.8. The van der Waals surface area contributed by atoms with E-state index in [0.717, 1.165) is 41.0 Å². The largest absolute Gasteiger partial charge is 0.381 e. The fraction of sp³-hybridized carbons (Fsp3) is 0.500. The number of carbonyl (C=O) groups is 3. The van der Waals surface area contributed by atoms with Crippen molar-refractivity contribution in [1.29, 1.82) is 0 Å². The molecule has 2 atom stereocenters. The van der Waals surface area contributed by atoms with Gasteiger partial charge in [-0.1, -0.05) is 11.6 Å². The zero-order chi connectivity index (χ0) is 27.8. The molecule has 3 N–H and O–H groups in total. The first-order valence-corrected chi connectivity index (χ1v) is 15.0. The maximum absolute atomic E-state index is 13.4. The summed E-state index contributed by atoms with van der Waals surface area (Å²) in [5.74, 6) is -0.523. The Labute approximate surface area is 253 Å². The number of aromatic nitrogens is 2. The maximum atomic E-state index is 13.4. The minimum atomic E-state index is -0.462. The van der Waals surface area contributed by atoms with Crippen molar-refractivity contribution in [2.45, 2.75) is 44.3 Å². The monoisotopic (exact) mass is 620 g/mol. The number of likely N-dealkylation sites (tertiary alicyclic amines) is 1. The van der Waals surface area contributed by atoms with Crippen molar-refractivity contribution in [1.82, 2.24) is 30.4 Å². The van der Waals surface area contributed by atoms with Crippen molar-refractivity contribution in [3.05, 3.63) is 50.6 Å². The lowest BCUT2D eigenvalue weighted by atomic mass is 9.94. The summed E-state index contributed by atoms with van der Waals surface area (Å²) in [5, 5.41) is 8.09. The van der Waals surface area contributed by atoms with Gasteiger partial charge in [0.25, 0.3) is 11.8 Å². The molecule has 3 aromatic rings. The molecule has 220 valence electrons. The Kier molecular flexibility index (Phi) is 9.20. The maximum Gasteiger partial charge on any atom is 0.280 e. The van der Waals surface area contributed by atoms with E-state index in [2.05, 4.69) is 32.5 Å². The van der Waals surface area contributed by atoms with Gasteiger partial charge in [0.15, 0.2) is 5.01 Å². The smallest absolute Gasteiger partial charge is 0.280 e. The number of hydrogen-bond acceptors (Lipinski definition) is 7. The number of fused-ring (bicyclic) bond motifs is 2. The normalized spacial score (nSPS) is 21.7. The van der Waals surface area contributed by atoms with Gasteiger partial charge in [-0.2, -0.15) is 0 Å². The highest BCUT2D eigenvalue weighted by Crippen LogP contribution is 2.26. The fourth-order valence-electron chi connectivity index (χ4n) is 5.80. The molecule has 5 heterocycles. The van der Waals surface area contributed by atoms with Gasteiger partial charge in [-0.05, 0) is 50.6 Å². The van der Waals surface area contributed by atoms with Crippen LogP contribution in [0, 0.1) is 5.92 Å². The standard InChI is InChI=1S/C28H33ClN6O4S.ClH/c1-34-8-4-21-24(15-34)40-27(33-21)26(37)32-23-14-35(28(38)16-6-10-39-11-7-16)9-5-20(23)31-25(36)22-13-17-12-18(29)2-3-19(17)30-22;/h2-3,12-13,16,20,23,30H,4-11,14-15H2,1H3,(H,31,36)(H,32,37);1H/t20-,23+;/m0./s1. The van der Waals surface area contributed by atoms with E-state index in [1.54, 1.807) is 18.2 Å². The van der Waals surface area contributed by atoms with Crippen LogP contribution in [0.4, 0.5) is 0 Å². The van der Waals surface area contributed by atoms with Gasteiger partial charge in [-0.15, -0.1) is 23.7 Å². The summed E-state index contributed by atoms with van der Waals surface area (Å²) >= 11 is 7.54. The van der Waals surface area contributed by atoms with E-state index in [9.17, 15) is 14.4 Å². The Morgan fingerprint density at radius 3 is 2.66 bits per heavy atom. The van der Waals surface area contributed by atoms with Gasteiger partial charge in [0.1, 0.15) is 5.69 Å². The van der Waals surface area contributed by atoms with Crippen LogP contribution in [0.25, 0.3) is 10.9 Å². The molecule has 41 heavy (non-hydrogen) atoms. The van der Waals surface area contributed by atoms with E-state index in [1.807, 2.05) is 11.0 Å². The predicted molar refractivity (Wildman–Crippen MR) is 160 cm³/mol. The molecule has 0 aliphatic carbocycles. The summed E-state index contributed by atoms with van der Waals surface area (Å²) in [4.78, 5) is 53.0. The molecule has 6 rings (SSSR count). The molecule has 2 saturated heterocycles. The third kappa shape index (κ3) is 6.54. The third-order valence-electron chi connectivity index (χ3n) is 8.07. The number of ether oxygens (including phenoxy) is 1. The number of piperidine rings is 1. The SMILES string of the molecule is CN1CCc2nc(C(=O)N[C@@H]3CN(C(=O)C4CCOCC4)CC[C@@H]3NC(=O)c3cc4cc(Cl)ccc4[nH]3)sc2C1.Cl. The number of H-pyrrole nitrogens is 1. The van der Waals surface area contributed by atoms with Crippen LogP contribution in [0.1, 0.15) is 50.1 Å². The summed E-state index contributed by atoms with van der Waals surface area (Å²) in [6.07, 6.45) is 2.75. The number of hydrogen-bond donors (Lipinski definition) is 3. The number of amides is 3. The molecular formula is C28H34Cl2N6O4S. The first-order valence-electron chi connectivity index (χ1n) is 13.8. The Hall–Kier alpha value is -2.70. The number of nitrogens with one attached hydrogen (secondary N) is 3. The van der Waals surface area contributed by atoms with E-state index < -0.39 is 6.04 Å². The van der Waals surface area contributed by atoms with Gasteiger partial charge in [-0.25, -0.2) is 4.98 Å². The topological polar surface area (TPSA) is 120 Å². The number of aromatic amines is 1. The van der Waals surface area contributed by atoms with E-state index in [1.165, 1.54) is 11.3 Å². The Bertz CT molecular complexity index is 1440. The molecule has 0 bridgehead atoms. The van der Waals surface area contributed by atoms with Crippen LogP contribution in [-0.4, -0.2) is 89.5 Å². The molecule has 10 nitrogen and oxygen atoms in total. The lowest BCUT2D eigenvalue weighted by Gasteiger charge is -2.40. The van der Waals surface area contributed by atoms with Crippen LogP contribution in [0.5, 0.6) is 0 Å². The first-order chi connectivity index (χ1) is 19.3. The number of halogens is 2. The minimum absolute atomic E-state index is 0. The van der Waals surface area contributed by atoms with Crippen molar-refractivity contribution in [2.75, 3.05) is 39.9 Å². The Morgan fingerprint density at radius 1 is 1.07 bits per heavy atom. The molecule has 3 aliphatic rings. The summed E-state index contributed by atoms with van der Waals surface area (Å²) < 4.78 is 5.44. The molecule has 2 fully saturated rings. The molecular weight excluding hydrogens is 587 g/mol. The number of benzene rings is 1. The van der Waals surface area contributed by atoms with Crippen LogP contribution in [0.3, 0.4) is 0 Å². The summed E-state index contributed by atoms with van der Waals surface area (Å²) in [6, 6.07) is 6.36. The first kappa shape index (κ1) is 29.8. The number of rotatable bonds is 5. The van der Waals surface area contributed by atoms with Gasteiger partial charge in [0, 0.05) is 72.5 Å². The van der Waals surface area contributed by atoms with E-state index in [4.69, 9.17) is 16.3 Å². The second-order valence-electron chi connectivity index (χ2n) is 10.9. The molecule has 0 unspecified atom stereocenters. The van der Waals surface area contributed by atoms with E-state index in [-0.39, 0.29) is 42.1 Å². The summed E-state index contributed by atoms with van der Waals surface area (Å²) in [6.45, 7) is 3.70. The highest BCUT2D eigenvalue weighted by molar-refractivity contribution is 7.13. The number of carbonyl (C=O) groups excluding carboxylic acids is 3. The average molecular weight is 622 g/mol. The third-order valence-corrected chi connectivity index (χ3v) is 9.39. The molecule has 1 aromatic carbocycles. The number of likely N-dealkylation sites (N-methyl/N-ethyl adjacent to an activating group) is 1.